The molecule has 1 fully saturated rings. The van der Waals surface area contributed by atoms with E-state index in [1.807, 2.05) is 0 Å². The third kappa shape index (κ3) is 4.86. The van der Waals surface area contributed by atoms with Gasteiger partial charge in [0.05, 0.1) is 5.92 Å². The van der Waals surface area contributed by atoms with Crippen LogP contribution in [0.25, 0.3) is 0 Å². The summed E-state index contributed by atoms with van der Waals surface area (Å²) < 4.78 is 4.74. The van der Waals surface area contributed by atoms with E-state index in [9.17, 15) is 9.59 Å². The number of carboxylic acid groups (broad SMARTS) is 1. The van der Waals surface area contributed by atoms with Crippen LogP contribution in [0.2, 0.25) is 0 Å². The van der Waals surface area contributed by atoms with Gasteiger partial charge < -0.3 is 20.5 Å². The first kappa shape index (κ1) is 13.5. The Morgan fingerprint density at radius 2 is 2.35 bits per heavy atom. The normalized spacial score (nSPS) is 23.8. The lowest BCUT2D eigenvalue weighted by molar-refractivity contribution is -0.142. The molecule has 0 aliphatic carbocycles. The number of nitrogens with one attached hydrogen (secondary N) is 2. The van der Waals surface area contributed by atoms with E-state index in [0.29, 0.717) is 25.9 Å². The topological polar surface area (TPSA) is 87.7 Å². The van der Waals surface area contributed by atoms with Crippen molar-refractivity contribution in [2.24, 2.45) is 5.92 Å². The van der Waals surface area contributed by atoms with Crippen molar-refractivity contribution in [2.45, 2.75) is 18.9 Å². The second kappa shape index (κ2) is 6.90. The van der Waals surface area contributed by atoms with Gasteiger partial charge in [0.1, 0.15) is 6.61 Å². The highest BCUT2D eigenvalue weighted by molar-refractivity contribution is 5.70. The Balaban J connectivity index is 2.24. The molecule has 0 aromatic heterocycles. The molecule has 0 bridgehead atoms. The van der Waals surface area contributed by atoms with Gasteiger partial charge in [0.25, 0.3) is 0 Å². The molecule has 0 aromatic rings. The van der Waals surface area contributed by atoms with Crippen molar-refractivity contribution in [3.8, 4) is 0 Å². The lowest BCUT2D eigenvalue weighted by Gasteiger charge is -2.27. The van der Waals surface area contributed by atoms with E-state index in [1.165, 1.54) is 6.08 Å². The van der Waals surface area contributed by atoms with Crippen LogP contribution in [0.3, 0.4) is 0 Å². The van der Waals surface area contributed by atoms with E-state index in [0.717, 1.165) is 0 Å². The number of hydrogen-bond acceptors (Lipinski definition) is 4. The van der Waals surface area contributed by atoms with Crippen LogP contribution >= 0.6 is 0 Å². The first-order valence-electron chi connectivity index (χ1n) is 5.61. The smallest absolute Gasteiger partial charge is 0.407 e. The molecule has 6 heteroatoms. The summed E-state index contributed by atoms with van der Waals surface area (Å²) in [5.74, 6) is -1.10. The molecule has 1 heterocycles. The molecule has 96 valence electrons. The van der Waals surface area contributed by atoms with Gasteiger partial charge in [-0.3, -0.25) is 4.79 Å². The van der Waals surface area contributed by atoms with Crippen LogP contribution in [0.5, 0.6) is 0 Å². The van der Waals surface area contributed by atoms with Crippen molar-refractivity contribution < 1.29 is 19.4 Å². The SMILES string of the molecule is C=CCOC(=O)NC[C@@H]1C[C@H](C(=O)O)CCN1. The first-order chi connectivity index (χ1) is 8.13. The highest BCUT2D eigenvalue weighted by Crippen LogP contribution is 2.15. The number of ether oxygens (including phenoxy) is 1. The van der Waals surface area contributed by atoms with E-state index >= 15 is 0 Å². The summed E-state index contributed by atoms with van der Waals surface area (Å²) in [6, 6.07) is -0.0128. The van der Waals surface area contributed by atoms with Crippen LogP contribution in [0.1, 0.15) is 12.8 Å². The summed E-state index contributed by atoms with van der Waals surface area (Å²) in [5.41, 5.74) is 0. The molecule has 1 saturated heterocycles. The van der Waals surface area contributed by atoms with Crippen LogP contribution in [0, 0.1) is 5.92 Å². The number of carbonyl (C=O) groups is 2. The van der Waals surface area contributed by atoms with E-state index in [2.05, 4.69) is 17.2 Å². The monoisotopic (exact) mass is 242 g/mol. The maximum atomic E-state index is 11.1. The lowest BCUT2D eigenvalue weighted by Crippen LogP contribution is -2.47. The summed E-state index contributed by atoms with van der Waals surface area (Å²) in [6.07, 6.45) is 2.13. The van der Waals surface area contributed by atoms with Crippen LogP contribution < -0.4 is 10.6 Å². The van der Waals surface area contributed by atoms with Gasteiger partial charge in [-0.2, -0.15) is 0 Å². The molecule has 0 aromatic carbocycles. The third-order valence-electron chi connectivity index (χ3n) is 2.67. The Hall–Kier alpha value is -1.56. The predicted molar refractivity (Wildman–Crippen MR) is 61.7 cm³/mol. The number of rotatable bonds is 5. The van der Waals surface area contributed by atoms with Crippen molar-refractivity contribution in [2.75, 3.05) is 19.7 Å². The van der Waals surface area contributed by atoms with Crippen LogP contribution in [0.15, 0.2) is 12.7 Å². The first-order valence-corrected chi connectivity index (χ1v) is 5.61. The molecule has 0 unspecified atom stereocenters. The van der Waals surface area contributed by atoms with Crippen molar-refractivity contribution >= 4 is 12.1 Å². The Labute approximate surface area is 100 Å². The third-order valence-corrected chi connectivity index (χ3v) is 2.67. The molecule has 0 saturated carbocycles. The van der Waals surface area contributed by atoms with Crippen LogP contribution in [-0.4, -0.2) is 42.9 Å². The molecule has 1 amide bonds. The molecule has 1 aliphatic rings. The number of amides is 1. The van der Waals surface area contributed by atoms with Crippen LogP contribution in [0.4, 0.5) is 4.79 Å². The number of carboxylic acids is 1. The zero-order chi connectivity index (χ0) is 12.7. The average Bonchev–Trinajstić information content (AvgIpc) is 2.34. The summed E-state index contributed by atoms with van der Waals surface area (Å²) in [6.45, 7) is 4.63. The zero-order valence-electron chi connectivity index (χ0n) is 9.65. The highest BCUT2D eigenvalue weighted by Gasteiger charge is 2.26. The molecule has 0 radical (unpaired) electrons. The number of carbonyl (C=O) groups excluding carboxylic acids is 1. The number of hydrogen-bond donors (Lipinski definition) is 3. The fourth-order valence-corrected chi connectivity index (χ4v) is 1.78. The molecular formula is C11H18N2O4. The van der Waals surface area contributed by atoms with Gasteiger partial charge in [-0.15, -0.1) is 0 Å². The maximum Gasteiger partial charge on any atom is 0.407 e. The molecule has 2 atom stereocenters. The molecule has 17 heavy (non-hydrogen) atoms. The van der Waals surface area contributed by atoms with Gasteiger partial charge in [-0.1, -0.05) is 12.7 Å². The minimum atomic E-state index is -0.772. The minimum Gasteiger partial charge on any atom is -0.481 e. The van der Waals surface area contributed by atoms with E-state index in [4.69, 9.17) is 9.84 Å². The summed E-state index contributed by atoms with van der Waals surface area (Å²) in [7, 11) is 0. The Morgan fingerprint density at radius 3 is 3.00 bits per heavy atom. The number of alkyl carbamates (subject to hydrolysis) is 1. The number of piperidine rings is 1. The van der Waals surface area contributed by atoms with E-state index in [-0.39, 0.29) is 18.6 Å². The van der Waals surface area contributed by atoms with Crippen molar-refractivity contribution in [1.82, 2.24) is 10.6 Å². The zero-order valence-corrected chi connectivity index (χ0v) is 9.65. The Morgan fingerprint density at radius 1 is 1.59 bits per heavy atom. The van der Waals surface area contributed by atoms with E-state index < -0.39 is 12.1 Å². The summed E-state index contributed by atoms with van der Waals surface area (Å²) >= 11 is 0. The summed E-state index contributed by atoms with van der Waals surface area (Å²) in [5, 5.41) is 14.6. The maximum absolute atomic E-state index is 11.1. The molecule has 0 spiro atoms. The Bertz CT molecular complexity index is 293. The largest absolute Gasteiger partial charge is 0.481 e. The fraction of sp³-hybridized carbons (Fsp3) is 0.636. The van der Waals surface area contributed by atoms with Crippen LogP contribution in [-0.2, 0) is 9.53 Å². The van der Waals surface area contributed by atoms with Gasteiger partial charge in [-0.05, 0) is 19.4 Å². The lowest BCUT2D eigenvalue weighted by atomic mass is 9.92. The standard InChI is InChI=1S/C11H18N2O4/c1-2-5-17-11(16)13-7-9-6-8(10(14)15)3-4-12-9/h2,8-9,12H,1,3-7H2,(H,13,16)(H,14,15)/t8-,9+/m1/s1. The Kier molecular flexibility index (Phi) is 5.48. The average molecular weight is 242 g/mol. The van der Waals surface area contributed by atoms with Gasteiger partial charge >= 0.3 is 12.1 Å². The highest BCUT2D eigenvalue weighted by atomic mass is 16.5. The quantitative estimate of drug-likeness (QED) is 0.605. The molecular weight excluding hydrogens is 224 g/mol. The van der Waals surface area contributed by atoms with Gasteiger partial charge in [0.15, 0.2) is 0 Å². The molecule has 1 rings (SSSR count). The van der Waals surface area contributed by atoms with Gasteiger partial charge in [-0.25, -0.2) is 4.79 Å². The second-order valence-corrected chi connectivity index (χ2v) is 3.98. The predicted octanol–water partition coefficient (Wildman–Crippen LogP) is 0.351. The molecule has 6 nitrogen and oxygen atoms in total. The fourth-order valence-electron chi connectivity index (χ4n) is 1.78. The van der Waals surface area contributed by atoms with E-state index in [1.54, 1.807) is 0 Å². The second-order valence-electron chi connectivity index (χ2n) is 3.98. The van der Waals surface area contributed by atoms with Gasteiger partial charge in [0.2, 0.25) is 0 Å². The molecule has 1 aliphatic heterocycles. The van der Waals surface area contributed by atoms with Crippen molar-refractivity contribution in [3.05, 3.63) is 12.7 Å². The minimum absolute atomic E-state index is 0.0128. The van der Waals surface area contributed by atoms with Crippen molar-refractivity contribution in [1.29, 1.82) is 0 Å². The molecule has 3 N–H and O–H groups in total. The van der Waals surface area contributed by atoms with Crippen molar-refractivity contribution in [3.63, 3.8) is 0 Å². The number of aliphatic carboxylic acids is 1. The van der Waals surface area contributed by atoms with Gasteiger partial charge in [0, 0.05) is 12.6 Å². The summed E-state index contributed by atoms with van der Waals surface area (Å²) in [4.78, 5) is 22.0.